The fourth-order valence-corrected chi connectivity index (χ4v) is 3.98. The molecule has 0 radical (unpaired) electrons. The summed E-state index contributed by atoms with van der Waals surface area (Å²) in [7, 11) is 0. The molecule has 2 heterocycles. The quantitative estimate of drug-likeness (QED) is 0.525. The number of likely N-dealkylation sites (tertiary alicyclic amines) is 1. The van der Waals surface area contributed by atoms with Gasteiger partial charge < -0.3 is 10.2 Å². The minimum atomic E-state index is 0. The molecule has 1 N–H and O–H groups in total. The van der Waals surface area contributed by atoms with Crippen molar-refractivity contribution >= 4 is 16.6 Å². The first kappa shape index (κ1) is 20.3. The van der Waals surface area contributed by atoms with Gasteiger partial charge in [-0.05, 0) is 64.0 Å². The predicted molar refractivity (Wildman–Crippen MR) is 122 cm³/mol. The van der Waals surface area contributed by atoms with Crippen LogP contribution in [0, 0.1) is 6.92 Å². The molecule has 1 aliphatic rings. The molecule has 3 nitrogen and oxygen atoms in total. The van der Waals surface area contributed by atoms with E-state index in [1.807, 2.05) is 0 Å². The second kappa shape index (κ2) is 9.70. The van der Waals surface area contributed by atoms with Crippen molar-refractivity contribution in [3.8, 4) is 11.3 Å². The molecule has 3 heteroatoms. The highest BCUT2D eigenvalue weighted by molar-refractivity contribution is 5.93. The molecule has 0 spiro atoms. The van der Waals surface area contributed by atoms with E-state index in [1.54, 1.807) is 0 Å². The van der Waals surface area contributed by atoms with Gasteiger partial charge in [-0.1, -0.05) is 55.8 Å². The van der Waals surface area contributed by atoms with Crippen LogP contribution in [0.5, 0.6) is 0 Å². The number of nitrogens with one attached hydrogen (secondary N) is 1. The molecular formula is C25H33N3. The summed E-state index contributed by atoms with van der Waals surface area (Å²) in [6, 6.07) is 19.2. The van der Waals surface area contributed by atoms with Crippen molar-refractivity contribution in [3.05, 3.63) is 60.2 Å². The first-order valence-electron chi connectivity index (χ1n) is 10.2. The van der Waals surface area contributed by atoms with E-state index in [4.69, 9.17) is 4.98 Å². The monoisotopic (exact) mass is 375 g/mol. The molecule has 0 unspecified atom stereocenters. The largest absolute Gasteiger partial charge is 0.384 e. The molecule has 1 fully saturated rings. The summed E-state index contributed by atoms with van der Waals surface area (Å²) < 4.78 is 0. The highest BCUT2D eigenvalue weighted by Gasteiger charge is 2.10. The number of fused-ring (bicyclic) bond motifs is 1. The summed E-state index contributed by atoms with van der Waals surface area (Å²) in [5.41, 5.74) is 5.72. The number of benzene rings is 2. The molecule has 4 rings (SSSR count). The van der Waals surface area contributed by atoms with Crippen LogP contribution in [0.4, 0.5) is 5.69 Å². The minimum absolute atomic E-state index is 0. The number of nitrogens with zero attached hydrogens (tertiary/aromatic N) is 2. The molecule has 1 aromatic heterocycles. The van der Waals surface area contributed by atoms with Crippen molar-refractivity contribution in [2.45, 2.75) is 40.0 Å². The van der Waals surface area contributed by atoms with Gasteiger partial charge >= 0.3 is 0 Å². The van der Waals surface area contributed by atoms with Crippen molar-refractivity contribution in [1.82, 2.24) is 9.88 Å². The molecule has 0 amide bonds. The van der Waals surface area contributed by atoms with Crippen LogP contribution in [0.15, 0.2) is 54.6 Å². The third-order valence-electron chi connectivity index (χ3n) is 5.45. The van der Waals surface area contributed by atoms with Crippen LogP contribution in [-0.4, -0.2) is 36.1 Å². The van der Waals surface area contributed by atoms with Gasteiger partial charge in [0.25, 0.3) is 0 Å². The number of aryl methyl sites for hydroxylation is 1. The van der Waals surface area contributed by atoms with Gasteiger partial charge in [-0.3, -0.25) is 0 Å². The van der Waals surface area contributed by atoms with Crippen LogP contribution >= 0.6 is 0 Å². The SMILES string of the molecule is C.Cc1cccc(-c2cc(NCCCN3CCCCC3)c3ccccc3n2)c1. The Bertz CT molecular complexity index is 897. The van der Waals surface area contributed by atoms with Crippen LogP contribution in [-0.2, 0) is 0 Å². The van der Waals surface area contributed by atoms with Crippen molar-refractivity contribution < 1.29 is 0 Å². The van der Waals surface area contributed by atoms with E-state index in [0.717, 1.165) is 17.8 Å². The minimum Gasteiger partial charge on any atom is -0.384 e. The average Bonchev–Trinajstić information content (AvgIpc) is 2.71. The van der Waals surface area contributed by atoms with Gasteiger partial charge in [0.2, 0.25) is 0 Å². The number of hydrogen-bond donors (Lipinski definition) is 1. The lowest BCUT2D eigenvalue weighted by molar-refractivity contribution is 0.228. The smallest absolute Gasteiger partial charge is 0.0730 e. The van der Waals surface area contributed by atoms with Gasteiger partial charge in [-0.2, -0.15) is 0 Å². The van der Waals surface area contributed by atoms with Crippen LogP contribution in [0.25, 0.3) is 22.2 Å². The first-order chi connectivity index (χ1) is 13.3. The molecule has 0 bridgehead atoms. The van der Waals surface area contributed by atoms with Gasteiger partial charge in [0.1, 0.15) is 0 Å². The highest BCUT2D eigenvalue weighted by Crippen LogP contribution is 2.28. The van der Waals surface area contributed by atoms with E-state index in [-0.39, 0.29) is 7.43 Å². The van der Waals surface area contributed by atoms with E-state index >= 15 is 0 Å². The molecule has 0 atom stereocenters. The summed E-state index contributed by atoms with van der Waals surface area (Å²) >= 11 is 0. The van der Waals surface area contributed by atoms with Gasteiger partial charge in [0.15, 0.2) is 0 Å². The van der Waals surface area contributed by atoms with Crippen LogP contribution in [0.1, 0.15) is 38.7 Å². The lowest BCUT2D eigenvalue weighted by Gasteiger charge is -2.26. The Hall–Kier alpha value is -2.39. The second-order valence-electron chi connectivity index (χ2n) is 7.62. The maximum absolute atomic E-state index is 4.90. The summed E-state index contributed by atoms with van der Waals surface area (Å²) in [5.74, 6) is 0. The summed E-state index contributed by atoms with van der Waals surface area (Å²) in [5, 5.41) is 4.89. The zero-order chi connectivity index (χ0) is 18.5. The van der Waals surface area contributed by atoms with Crippen molar-refractivity contribution in [2.75, 3.05) is 31.5 Å². The Kier molecular flexibility index (Phi) is 7.05. The fourth-order valence-electron chi connectivity index (χ4n) is 3.98. The third kappa shape index (κ3) is 4.90. The lowest BCUT2D eigenvalue weighted by Crippen LogP contribution is -2.31. The Morgan fingerprint density at radius 3 is 2.61 bits per heavy atom. The van der Waals surface area contributed by atoms with Crippen LogP contribution in [0.3, 0.4) is 0 Å². The maximum atomic E-state index is 4.90. The lowest BCUT2D eigenvalue weighted by atomic mass is 10.1. The van der Waals surface area contributed by atoms with Gasteiger partial charge in [-0.15, -0.1) is 0 Å². The number of anilines is 1. The maximum Gasteiger partial charge on any atom is 0.0730 e. The summed E-state index contributed by atoms with van der Waals surface area (Å²) in [4.78, 5) is 7.51. The van der Waals surface area contributed by atoms with Crippen LogP contribution in [0.2, 0.25) is 0 Å². The van der Waals surface area contributed by atoms with Gasteiger partial charge in [0, 0.05) is 23.2 Å². The van der Waals surface area contributed by atoms with E-state index in [1.165, 1.54) is 67.5 Å². The molecule has 148 valence electrons. The molecule has 0 aliphatic carbocycles. The summed E-state index contributed by atoms with van der Waals surface area (Å²) in [6.45, 7) is 6.87. The van der Waals surface area contributed by atoms with Crippen LogP contribution < -0.4 is 5.32 Å². The van der Waals surface area contributed by atoms with E-state index in [9.17, 15) is 0 Å². The van der Waals surface area contributed by atoms with E-state index in [2.05, 4.69) is 71.7 Å². The Labute approximate surface area is 169 Å². The predicted octanol–water partition coefficient (Wildman–Crippen LogP) is 6.13. The molecule has 0 saturated carbocycles. The second-order valence-corrected chi connectivity index (χ2v) is 7.62. The third-order valence-corrected chi connectivity index (χ3v) is 5.45. The number of hydrogen-bond acceptors (Lipinski definition) is 3. The molecule has 1 saturated heterocycles. The molecular weight excluding hydrogens is 342 g/mol. The average molecular weight is 376 g/mol. The standard InChI is InChI=1S/C24H29N3.CH4/c1-19-9-7-10-20(17-19)23-18-24(21-11-3-4-12-22(21)26-23)25-13-8-16-27-14-5-2-6-15-27;/h3-4,7,9-12,17-18H,2,5-6,8,13-16H2,1H3,(H,25,26);1H4. The Morgan fingerprint density at radius 2 is 1.79 bits per heavy atom. The summed E-state index contributed by atoms with van der Waals surface area (Å²) in [6.07, 6.45) is 5.31. The topological polar surface area (TPSA) is 28.2 Å². The fraction of sp³-hybridized carbons (Fsp3) is 0.400. The first-order valence-corrected chi connectivity index (χ1v) is 10.2. The molecule has 1 aliphatic heterocycles. The Morgan fingerprint density at radius 1 is 0.964 bits per heavy atom. The number of para-hydroxylation sites is 1. The number of rotatable bonds is 6. The van der Waals surface area contributed by atoms with Gasteiger partial charge in [0.05, 0.1) is 11.2 Å². The van der Waals surface area contributed by atoms with E-state index < -0.39 is 0 Å². The normalized spacial score (nSPS) is 14.6. The number of aromatic nitrogens is 1. The number of pyridine rings is 1. The number of piperidine rings is 1. The highest BCUT2D eigenvalue weighted by atomic mass is 15.1. The Balaban J connectivity index is 0.00000225. The zero-order valence-corrected chi connectivity index (χ0v) is 16.2. The van der Waals surface area contributed by atoms with Crippen molar-refractivity contribution in [2.24, 2.45) is 0 Å². The van der Waals surface area contributed by atoms with Crippen molar-refractivity contribution in [3.63, 3.8) is 0 Å². The zero-order valence-electron chi connectivity index (χ0n) is 16.2. The van der Waals surface area contributed by atoms with Gasteiger partial charge in [-0.25, -0.2) is 4.98 Å². The molecule has 28 heavy (non-hydrogen) atoms. The molecule has 2 aromatic carbocycles. The van der Waals surface area contributed by atoms with E-state index in [0.29, 0.717) is 0 Å². The molecule has 3 aromatic rings. The van der Waals surface area contributed by atoms with Crippen molar-refractivity contribution in [1.29, 1.82) is 0 Å².